The summed E-state index contributed by atoms with van der Waals surface area (Å²) in [4.78, 5) is 9.57. The molecule has 0 aliphatic heterocycles. The summed E-state index contributed by atoms with van der Waals surface area (Å²) in [6.07, 6.45) is 7.94. The molecule has 0 saturated heterocycles. The maximum absolute atomic E-state index is 11.2. The van der Waals surface area contributed by atoms with Gasteiger partial charge in [0.1, 0.15) is 11.5 Å². The molecule has 0 saturated carbocycles. The topological polar surface area (TPSA) is 65.2 Å². The van der Waals surface area contributed by atoms with Crippen molar-refractivity contribution in [1.82, 2.24) is 0 Å². The highest BCUT2D eigenvalue weighted by molar-refractivity contribution is 5.90. The molecule has 2 N–H and O–H groups in total. The Morgan fingerprint density at radius 2 is 1.12 bits per heavy atom. The number of phenols is 2. The monoisotopic (exact) mass is 554 g/mol. The summed E-state index contributed by atoms with van der Waals surface area (Å²) in [5.41, 5.74) is 6.52. The van der Waals surface area contributed by atoms with E-state index in [0.29, 0.717) is 22.5 Å². The Balaban J connectivity index is 2.04. The Morgan fingerprint density at radius 3 is 1.59 bits per heavy atom. The number of aromatic hydroxyl groups is 2. The van der Waals surface area contributed by atoms with E-state index in [1.165, 1.54) is 18.4 Å². The highest BCUT2D eigenvalue weighted by atomic mass is 16.3. The van der Waals surface area contributed by atoms with Crippen molar-refractivity contribution in [1.29, 1.82) is 0 Å². The minimum absolute atomic E-state index is 0.0719. The molecule has 0 aromatic heterocycles. The summed E-state index contributed by atoms with van der Waals surface area (Å²) in [6.45, 7) is 21.4. The van der Waals surface area contributed by atoms with Crippen molar-refractivity contribution < 1.29 is 10.2 Å². The molecule has 3 aromatic carbocycles. The molecule has 0 aliphatic carbocycles. The molecule has 0 unspecified atom stereocenters. The summed E-state index contributed by atoms with van der Waals surface area (Å²) in [7, 11) is 0. The van der Waals surface area contributed by atoms with Gasteiger partial charge in [-0.25, -0.2) is 0 Å². The molecule has 220 valence electrons. The number of rotatable bonds is 8. The van der Waals surface area contributed by atoms with Crippen LogP contribution >= 0.6 is 0 Å². The van der Waals surface area contributed by atoms with Crippen molar-refractivity contribution >= 4 is 23.8 Å². The standard InChI is InChI=1S/C37H50N2O2/c1-11-12-13-16-25-19-26(33(40)29(20-25)36(5,6)7)23-38-31-17-14-15-18-32(31)39-24-27-21-28(35(2,3)4)22-30(34(27)41)37(8,9)10/h14-15,17-24,40-41H,11-13,16H2,1-10H3. The second-order valence-electron chi connectivity index (χ2n) is 14.3. The van der Waals surface area contributed by atoms with Gasteiger partial charge in [0.2, 0.25) is 0 Å². The lowest BCUT2D eigenvalue weighted by atomic mass is 9.79. The summed E-state index contributed by atoms with van der Waals surface area (Å²) in [6, 6.07) is 16.0. The van der Waals surface area contributed by atoms with Crippen LogP contribution in [0.15, 0.2) is 58.5 Å². The van der Waals surface area contributed by atoms with Gasteiger partial charge >= 0.3 is 0 Å². The molecule has 0 radical (unpaired) electrons. The first-order valence-electron chi connectivity index (χ1n) is 14.9. The molecule has 0 fully saturated rings. The number of nitrogens with zero attached hydrogens (tertiary/aromatic N) is 2. The van der Waals surface area contributed by atoms with Gasteiger partial charge in [0.05, 0.1) is 11.4 Å². The summed E-state index contributed by atoms with van der Waals surface area (Å²) >= 11 is 0. The van der Waals surface area contributed by atoms with Gasteiger partial charge in [-0.2, -0.15) is 0 Å². The van der Waals surface area contributed by atoms with Gasteiger partial charge in [-0.1, -0.05) is 106 Å². The van der Waals surface area contributed by atoms with Crippen LogP contribution in [-0.4, -0.2) is 22.6 Å². The van der Waals surface area contributed by atoms with Crippen LogP contribution in [0.4, 0.5) is 11.4 Å². The van der Waals surface area contributed by atoms with Crippen molar-refractivity contribution in [3.63, 3.8) is 0 Å². The number of para-hydroxylation sites is 2. The van der Waals surface area contributed by atoms with Crippen molar-refractivity contribution in [2.45, 2.75) is 111 Å². The van der Waals surface area contributed by atoms with E-state index >= 15 is 0 Å². The van der Waals surface area contributed by atoms with Gasteiger partial charge in [-0.15, -0.1) is 0 Å². The van der Waals surface area contributed by atoms with Crippen LogP contribution in [0.25, 0.3) is 0 Å². The van der Waals surface area contributed by atoms with E-state index < -0.39 is 0 Å². The Hall–Kier alpha value is -3.40. The fourth-order valence-electron chi connectivity index (χ4n) is 4.83. The number of hydrogen-bond donors (Lipinski definition) is 2. The van der Waals surface area contributed by atoms with E-state index in [-0.39, 0.29) is 27.7 Å². The third-order valence-corrected chi connectivity index (χ3v) is 7.46. The lowest BCUT2D eigenvalue weighted by molar-refractivity contribution is 0.443. The molecule has 41 heavy (non-hydrogen) atoms. The summed E-state index contributed by atoms with van der Waals surface area (Å²) in [5, 5.41) is 22.4. The lowest BCUT2D eigenvalue weighted by Crippen LogP contribution is -2.17. The normalized spacial score (nSPS) is 13.0. The van der Waals surface area contributed by atoms with Crippen molar-refractivity contribution in [2.75, 3.05) is 0 Å². The first-order valence-corrected chi connectivity index (χ1v) is 14.9. The number of unbranched alkanes of at least 4 members (excludes halogenated alkanes) is 2. The quantitative estimate of drug-likeness (QED) is 0.215. The minimum atomic E-state index is -0.213. The molecule has 0 bridgehead atoms. The molecule has 0 aliphatic rings. The van der Waals surface area contributed by atoms with Crippen LogP contribution in [0.1, 0.15) is 122 Å². The Morgan fingerprint density at radius 1 is 0.634 bits per heavy atom. The van der Waals surface area contributed by atoms with Crippen molar-refractivity contribution in [3.8, 4) is 11.5 Å². The predicted molar refractivity (Wildman–Crippen MR) is 176 cm³/mol. The molecule has 0 atom stereocenters. The SMILES string of the molecule is CCCCCc1cc(C=Nc2ccccc2N=Cc2cc(C(C)(C)C)cc(C(C)(C)C)c2O)c(O)c(C(C)(C)C)c1. The van der Waals surface area contributed by atoms with E-state index in [1.807, 2.05) is 30.3 Å². The number of benzene rings is 3. The third-order valence-electron chi connectivity index (χ3n) is 7.46. The molecular weight excluding hydrogens is 504 g/mol. The minimum Gasteiger partial charge on any atom is -0.507 e. The van der Waals surface area contributed by atoms with E-state index in [9.17, 15) is 10.2 Å². The molecule has 0 heterocycles. The Kier molecular flexibility index (Phi) is 9.89. The average molecular weight is 555 g/mol. The van der Waals surface area contributed by atoms with Gasteiger partial charge < -0.3 is 10.2 Å². The van der Waals surface area contributed by atoms with Crippen molar-refractivity contribution in [3.05, 3.63) is 81.9 Å². The van der Waals surface area contributed by atoms with E-state index in [1.54, 1.807) is 12.4 Å². The van der Waals surface area contributed by atoms with Crippen LogP contribution in [-0.2, 0) is 22.7 Å². The number of aryl methyl sites for hydroxylation is 1. The van der Waals surface area contributed by atoms with Gasteiger partial charge in [-0.05, 0) is 64.5 Å². The maximum atomic E-state index is 11.2. The highest BCUT2D eigenvalue weighted by Crippen LogP contribution is 2.38. The molecule has 4 nitrogen and oxygen atoms in total. The Bertz CT molecular complexity index is 1410. The van der Waals surface area contributed by atoms with E-state index in [0.717, 1.165) is 29.5 Å². The zero-order valence-corrected chi connectivity index (χ0v) is 26.9. The van der Waals surface area contributed by atoms with Crippen molar-refractivity contribution in [2.24, 2.45) is 9.98 Å². The van der Waals surface area contributed by atoms with Gasteiger partial charge in [0.25, 0.3) is 0 Å². The molecular formula is C37H50N2O2. The zero-order chi connectivity index (χ0) is 30.6. The Labute approximate surface area is 248 Å². The fraction of sp³-hybridized carbons (Fsp3) is 0.459. The first-order chi connectivity index (χ1) is 19.0. The second kappa shape index (κ2) is 12.6. The summed E-state index contributed by atoms with van der Waals surface area (Å²) < 4.78 is 0. The number of hydrogen-bond acceptors (Lipinski definition) is 4. The van der Waals surface area contributed by atoms with Crippen LogP contribution in [0.5, 0.6) is 11.5 Å². The molecule has 0 amide bonds. The van der Waals surface area contributed by atoms with Gasteiger partial charge in [0, 0.05) is 34.7 Å². The van der Waals surface area contributed by atoms with Crippen LogP contribution in [0, 0.1) is 0 Å². The number of phenolic OH excluding ortho intramolecular Hbond substituents is 2. The molecule has 0 spiro atoms. The highest BCUT2D eigenvalue weighted by Gasteiger charge is 2.25. The molecule has 4 heteroatoms. The molecule has 3 rings (SSSR count). The van der Waals surface area contributed by atoms with Crippen LogP contribution in [0.2, 0.25) is 0 Å². The lowest BCUT2D eigenvalue weighted by Gasteiger charge is -2.27. The smallest absolute Gasteiger partial charge is 0.128 e. The third kappa shape index (κ3) is 8.31. The zero-order valence-electron chi connectivity index (χ0n) is 26.9. The predicted octanol–water partition coefficient (Wildman–Crippen LogP) is 10.2. The summed E-state index contributed by atoms with van der Waals surface area (Å²) in [5.74, 6) is 0.537. The van der Waals surface area contributed by atoms with E-state index in [2.05, 4.69) is 87.4 Å². The second-order valence-corrected chi connectivity index (χ2v) is 14.3. The maximum Gasteiger partial charge on any atom is 0.128 e. The van der Waals surface area contributed by atoms with Crippen LogP contribution in [0.3, 0.4) is 0 Å². The van der Waals surface area contributed by atoms with E-state index in [4.69, 9.17) is 9.98 Å². The largest absolute Gasteiger partial charge is 0.507 e. The van der Waals surface area contributed by atoms with Gasteiger partial charge in [0.15, 0.2) is 0 Å². The first kappa shape index (κ1) is 32.1. The van der Waals surface area contributed by atoms with Crippen LogP contribution < -0.4 is 0 Å². The number of aliphatic imine (C=N–C) groups is 2. The average Bonchev–Trinajstić information content (AvgIpc) is 2.86. The fourth-order valence-corrected chi connectivity index (χ4v) is 4.83. The van der Waals surface area contributed by atoms with Gasteiger partial charge in [-0.3, -0.25) is 9.98 Å². The molecule has 3 aromatic rings.